The number of carbonyl (C=O) groups is 1. The van der Waals surface area contributed by atoms with Gasteiger partial charge in [-0.05, 0) is 67.4 Å². The monoisotopic (exact) mass is 396 g/mol. The summed E-state index contributed by atoms with van der Waals surface area (Å²) >= 11 is 0. The molecule has 0 aromatic carbocycles. The zero-order chi connectivity index (χ0) is 20.1. The van der Waals surface area contributed by atoms with E-state index in [0.717, 1.165) is 18.8 Å². The molecular formula is C22H28N4O3. The Kier molecular flexibility index (Phi) is 4.28. The maximum atomic E-state index is 12.3. The number of hydrogen-bond acceptors (Lipinski definition) is 6. The molecule has 0 spiro atoms. The van der Waals surface area contributed by atoms with Crippen molar-refractivity contribution in [2.75, 3.05) is 13.2 Å². The van der Waals surface area contributed by atoms with E-state index in [0.29, 0.717) is 35.4 Å². The van der Waals surface area contributed by atoms with Crippen LogP contribution < -0.4 is 5.32 Å². The third-order valence-electron chi connectivity index (χ3n) is 6.91. The van der Waals surface area contributed by atoms with Crippen molar-refractivity contribution in [3.63, 3.8) is 0 Å². The van der Waals surface area contributed by atoms with E-state index in [4.69, 9.17) is 9.26 Å². The lowest BCUT2D eigenvalue weighted by Gasteiger charge is -2.65. The van der Waals surface area contributed by atoms with E-state index in [1.807, 2.05) is 6.07 Å². The smallest absolute Gasteiger partial charge is 0.316 e. The Morgan fingerprint density at radius 2 is 2.03 bits per heavy atom. The van der Waals surface area contributed by atoms with Crippen LogP contribution in [-0.2, 0) is 4.74 Å². The van der Waals surface area contributed by atoms with Gasteiger partial charge in [0, 0.05) is 24.5 Å². The standard InChI is InChI=1S/C22H28N4O3/c1-20-8-15-9-21(2,12-20)14-22(10-15,13-20)28-7-6-24-18(27)19-25-17(26-29-19)16-4-3-5-23-11-16/h3-5,11,15H,6-10,12-14H2,1-2H3,(H,24,27). The van der Waals surface area contributed by atoms with Gasteiger partial charge in [0.2, 0.25) is 5.82 Å². The Hall–Kier alpha value is -2.28. The molecule has 2 heterocycles. The van der Waals surface area contributed by atoms with Gasteiger partial charge in [-0.15, -0.1) is 0 Å². The molecule has 0 saturated heterocycles. The van der Waals surface area contributed by atoms with Gasteiger partial charge in [0.25, 0.3) is 0 Å². The SMILES string of the molecule is CC12CC3CC(C)(C1)CC(OCCNC(=O)c1nc(-c4cccnc4)no1)(C3)C2. The average molecular weight is 396 g/mol. The fourth-order valence-corrected chi connectivity index (χ4v) is 6.94. The van der Waals surface area contributed by atoms with Gasteiger partial charge in [-0.3, -0.25) is 9.78 Å². The fourth-order valence-electron chi connectivity index (χ4n) is 6.94. The number of nitrogens with one attached hydrogen (secondary N) is 1. The average Bonchev–Trinajstić information content (AvgIpc) is 3.13. The lowest BCUT2D eigenvalue weighted by Crippen LogP contribution is -2.59. The molecule has 4 fully saturated rings. The molecule has 2 aromatic heterocycles. The van der Waals surface area contributed by atoms with Crippen molar-refractivity contribution in [2.24, 2.45) is 16.7 Å². The van der Waals surface area contributed by atoms with Gasteiger partial charge < -0.3 is 14.6 Å². The summed E-state index contributed by atoms with van der Waals surface area (Å²) in [4.78, 5) is 20.5. The Bertz CT molecular complexity index is 894. The number of rotatable bonds is 6. The number of hydrogen-bond donors (Lipinski definition) is 1. The van der Waals surface area contributed by atoms with Crippen LogP contribution in [0.5, 0.6) is 0 Å². The number of carbonyl (C=O) groups excluding carboxylic acids is 1. The molecule has 2 atom stereocenters. The molecule has 2 unspecified atom stereocenters. The first-order valence-corrected chi connectivity index (χ1v) is 10.5. The van der Waals surface area contributed by atoms with Gasteiger partial charge in [0.1, 0.15) is 0 Å². The first-order chi connectivity index (χ1) is 13.9. The molecule has 6 rings (SSSR count). The van der Waals surface area contributed by atoms with E-state index in [-0.39, 0.29) is 17.4 Å². The third kappa shape index (κ3) is 3.56. The topological polar surface area (TPSA) is 90.1 Å². The van der Waals surface area contributed by atoms with Crippen molar-refractivity contribution in [1.29, 1.82) is 0 Å². The van der Waals surface area contributed by atoms with E-state index in [9.17, 15) is 4.79 Å². The van der Waals surface area contributed by atoms with Crippen LogP contribution in [0.4, 0.5) is 0 Å². The largest absolute Gasteiger partial charge is 0.373 e. The quantitative estimate of drug-likeness (QED) is 0.750. The predicted octanol–water partition coefficient (Wildman–Crippen LogP) is 3.63. The minimum atomic E-state index is -0.374. The first kappa shape index (κ1) is 18.7. The Balaban J connectivity index is 1.16. The highest BCUT2D eigenvalue weighted by Crippen LogP contribution is 2.67. The number of nitrogens with zero attached hydrogens (tertiary/aromatic N) is 3. The zero-order valence-electron chi connectivity index (χ0n) is 17.1. The summed E-state index contributed by atoms with van der Waals surface area (Å²) in [7, 11) is 0. The molecule has 1 N–H and O–H groups in total. The van der Waals surface area contributed by atoms with Crippen molar-refractivity contribution in [3.05, 3.63) is 30.4 Å². The first-order valence-electron chi connectivity index (χ1n) is 10.5. The van der Waals surface area contributed by atoms with Crippen LogP contribution in [0.3, 0.4) is 0 Å². The fraction of sp³-hybridized carbons (Fsp3) is 0.636. The van der Waals surface area contributed by atoms with Crippen LogP contribution in [0, 0.1) is 16.7 Å². The van der Waals surface area contributed by atoms with Gasteiger partial charge >= 0.3 is 11.8 Å². The Morgan fingerprint density at radius 3 is 2.72 bits per heavy atom. The van der Waals surface area contributed by atoms with Gasteiger partial charge in [0.15, 0.2) is 0 Å². The van der Waals surface area contributed by atoms with Gasteiger partial charge in [-0.2, -0.15) is 4.98 Å². The van der Waals surface area contributed by atoms with Crippen molar-refractivity contribution < 1.29 is 14.1 Å². The summed E-state index contributed by atoms with van der Waals surface area (Å²) in [6, 6.07) is 3.61. The lowest BCUT2D eigenvalue weighted by atomic mass is 9.43. The van der Waals surface area contributed by atoms with Crippen LogP contribution >= 0.6 is 0 Å². The van der Waals surface area contributed by atoms with Crippen LogP contribution in [0.15, 0.2) is 29.0 Å². The predicted molar refractivity (Wildman–Crippen MR) is 106 cm³/mol. The van der Waals surface area contributed by atoms with Gasteiger partial charge in [-0.25, -0.2) is 0 Å². The molecule has 0 aliphatic heterocycles. The molecule has 4 aliphatic carbocycles. The van der Waals surface area contributed by atoms with E-state index in [2.05, 4.69) is 34.3 Å². The molecule has 4 aliphatic rings. The maximum absolute atomic E-state index is 12.3. The summed E-state index contributed by atoms with van der Waals surface area (Å²) in [5, 5.41) is 6.70. The highest BCUT2D eigenvalue weighted by molar-refractivity contribution is 5.89. The molecular weight excluding hydrogens is 368 g/mol. The highest BCUT2D eigenvalue weighted by atomic mass is 16.5. The molecule has 1 amide bonds. The minimum Gasteiger partial charge on any atom is -0.373 e. The Morgan fingerprint density at radius 1 is 1.24 bits per heavy atom. The zero-order valence-corrected chi connectivity index (χ0v) is 17.1. The van der Waals surface area contributed by atoms with Crippen LogP contribution in [0.25, 0.3) is 11.4 Å². The number of amides is 1. The van der Waals surface area contributed by atoms with Crippen LogP contribution in [-0.4, -0.2) is 39.8 Å². The molecule has 7 nitrogen and oxygen atoms in total. The summed E-state index contributed by atoms with van der Waals surface area (Å²) in [6.45, 7) is 5.81. The second kappa shape index (κ2) is 6.62. The third-order valence-corrected chi connectivity index (χ3v) is 6.91. The maximum Gasteiger partial charge on any atom is 0.316 e. The van der Waals surface area contributed by atoms with E-state index in [1.54, 1.807) is 18.5 Å². The van der Waals surface area contributed by atoms with Gasteiger partial charge in [0.05, 0.1) is 12.2 Å². The molecule has 29 heavy (non-hydrogen) atoms. The molecule has 0 radical (unpaired) electrons. The van der Waals surface area contributed by atoms with E-state index >= 15 is 0 Å². The van der Waals surface area contributed by atoms with Crippen LogP contribution in [0.1, 0.15) is 63.1 Å². The Labute approximate surface area is 170 Å². The number of pyridine rings is 1. The van der Waals surface area contributed by atoms with Crippen molar-refractivity contribution in [2.45, 2.75) is 58.0 Å². The minimum absolute atomic E-state index is 0.00832. The number of ether oxygens (including phenoxy) is 1. The summed E-state index contributed by atoms with van der Waals surface area (Å²) < 4.78 is 11.5. The van der Waals surface area contributed by atoms with Crippen molar-refractivity contribution in [1.82, 2.24) is 20.4 Å². The highest BCUT2D eigenvalue weighted by Gasteiger charge is 2.60. The summed E-state index contributed by atoms with van der Waals surface area (Å²) in [5.74, 6) is 0.731. The van der Waals surface area contributed by atoms with Crippen LogP contribution in [0.2, 0.25) is 0 Å². The molecule has 154 valence electrons. The second-order valence-corrected chi connectivity index (χ2v) is 10.1. The van der Waals surface area contributed by atoms with Crippen molar-refractivity contribution in [3.8, 4) is 11.4 Å². The lowest BCUT2D eigenvalue weighted by molar-refractivity contribution is -0.213. The summed E-state index contributed by atoms with van der Waals surface area (Å²) in [5.41, 5.74) is 1.54. The van der Waals surface area contributed by atoms with Crippen molar-refractivity contribution >= 4 is 5.91 Å². The molecule has 4 bridgehead atoms. The van der Waals surface area contributed by atoms with Gasteiger partial charge in [-0.1, -0.05) is 19.0 Å². The van der Waals surface area contributed by atoms with E-state index in [1.165, 1.54) is 25.7 Å². The molecule has 7 heteroatoms. The molecule has 4 saturated carbocycles. The summed E-state index contributed by atoms with van der Waals surface area (Å²) in [6.07, 6.45) is 10.8. The van der Waals surface area contributed by atoms with E-state index < -0.39 is 0 Å². The molecule has 2 aromatic rings. The number of aromatic nitrogens is 3. The normalized spacial score (nSPS) is 35.0. The second-order valence-electron chi connectivity index (χ2n) is 10.1.